The normalized spacial score (nSPS) is 27.1. The Bertz CT molecular complexity index is 1040. The largest absolute Gasteiger partial charge is 0.457 e. The highest BCUT2D eigenvalue weighted by molar-refractivity contribution is 5.69. The molecule has 2 aliphatic heterocycles. The van der Waals surface area contributed by atoms with E-state index in [1.54, 1.807) is 0 Å². The van der Waals surface area contributed by atoms with Gasteiger partial charge in [-0.05, 0) is 12.8 Å². The van der Waals surface area contributed by atoms with Gasteiger partial charge in [0.25, 0.3) is 0 Å². The number of ether oxygens (including phenoxy) is 6. The van der Waals surface area contributed by atoms with E-state index in [9.17, 15) is 40.5 Å². The van der Waals surface area contributed by atoms with Crippen molar-refractivity contribution in [3.63, 3.8) is 0 Å². The quantitative estimate of drug-likeness (QED) is 0.0246. The number of esters is 1. The first kappa shape index (κ1) is 57.1. The van der Waals surface area contributed by atoms with Gasteiger partial charge in [-0.1, -0.05) is 181 Å². The van der Waals surface area contributed by atoms with Crippen LogP contribution in [0.5, 0.6) is 0 Å². The average molecular weight is 893 g/mol. The molecule has 2 heterocycles. The predicted octanol–water partition coefficient (Wildman–Crippen LogP) is 6.91. The third kappa shape index (κ3) is 25.0. The molecule has 0 aromatic carbocycles. The van der Waals surface area contributed by atoms with Crippen LogP contribution in [0, 0.1) is 0 Å². The summed E-state index contributed by atoms with van der Waals surface area (Å²) in [6.07, 6.45) is 18.8. The molecule has 2 fully saturated rings. The number of carbonyl (C=O) groups excluding carboxylic acids is 1. The molecule has 14 heteroatoms. The monoisotopic (exact) mass is 893 g/mol. The van der Waals surface area contributed by atoms with Gasteiger partial charge in [-0.15, -0.1) is 0 Å². The van der Waals surface area contributed by atoms with Crippen LogP contribution in [0.3, 0.4) is 0 Å². The number of aliphatic hydroxyl groups excluding tert-OH is 7. The zero-order valence-electron chi connectivity index (χ0n) is 38.9. The van der Waals surface area contributed by atoms with Crippen molar-refractivity contribution < 1.29 is 69.0 Å². The van der Waals surface area contributed by atoms with E-state index in [0.717, 1.165) is 38.5 Å². The number of carbonyl (C=O) groups is 1. The van der Waals surface area contributed by atoms with Gasteiger partial charge in [-0.3, -0.25) is 4.79 Å². The molecule has 368 valence electrons. The Hall–Kier alpha value is -1.01. The summed E-state index contributed by atoms with van der Waals surface area (Å²) in [5.74, 6) is -0.372. The van der Waals surface area contributed by atoms with E-state index in [1.807, 2.05) is 0 Å². The molecule has 62 heavy (non-hydrogen) atoms. The van der Waals surface area contributed by atoms with Gasteiger partial charge < -0.3 is 64.2 Å². The van der Waals surface area contributed by atoms with Crippen molar-refractivity contribution in [3.05, 3.63) is 0 Å². The highest BCUT2D eigenvalue weighted by atomic mass is 16.7. The van der Waals surface area contributed by atoms with E-state index < -0.39 is 80.7 Å². The molecular weight excluding hydrogens is 801 g/mol. The molecule has 0 aromatic rings. The Labute approximate surface area is 374 Å². The fraction of sp³-hybridized carbons (Fsp3) is 0.979. The first-order valence-corrected chi connectivity index (χ1v) is 25.1. The second kappa shape index (κ2) is 37.1. The molecule has 7 N–H and O–H groups in total. The second-order valence-electron chi connectivity index (χ2n) is 18.0. The van der Waals surface area contributed by atoms with Crippen LogP contribution in [-0.2, 0) is 33.2 Å². The van der Waals surface area contributed by atoms with Gasteiger partial charge in [-0.2, -0.15) is 0 Å². The Morgan fingerprint density at radius 2 is 0.855 bits per heavy atom. The van der Waals surface area contributed by atoms with Gasteiger partial charge in [0.1, 0.15) is 54.9 Å². The number of hydrogen-bond acceptors (Lipinski definition) is 14. The molecule has 0 saturated carbocycles. The third-order valence-electron chi connectivity index (χ3n) is 12.4. The van der Waals surface area contributed by atoms with E-state index >= 15 is 0 Å². The number of rotatable bonds is 40. The third-order valence-corrected chi connectivity index (χ3v) is 12.4. The van der Waals surface area contributed by atoms with Gasteiger partial charge in [0.15, 0.2) is 12.6 Å². The molecular formula is C48H92O14. The van der Waals surface area contributed by atoms with Crippen LogP contribution in [0.25, 0.3) is 0 Å². The zero-order chi connectivity index (χ0) is 45.2. The smallest absolute Gasteiger partial charge is 0.306 e. The average Bonchev–Trinajstić information content (AvgIpc) is 3.27. The molecule has 2 rings (SSSR count). The Morgan fingerprint density at radius 3 is 1.31 bits per heavy atom. The van der Waals surface area contributed by atoms with Gasteiger partial charge in [0, 0.05) is 13.0 Å². The minimum absolute atomic E-state index is 0.0700. The van der Waals surface area contributed by atoms with Crippen molar-refractivity contribution in [2.75, 3.05) is 33.0 Å². The molecule has 0 bridgehead atoms. The first-order chi connectivity index (χ1) is 30.1. The van der Waals surface area contributed by atoms with E-state index in [0.29, 0.717) is 13.0 Å². The van der Waals surface area contributed by atoms with Gasteiger partial charge in [-0.25, -0.2) is 0 Å². The Morgan fingerprint density at radius 1 is 0.468 bits per heavy atom. The topological polar surface area (TPSA) is 214 Å². The van der Waals surface area contributed by atoms with E-state index in [4.69, 9.17) is 28.4 Å². The fourth-order valence-electron chi connectivity index (χ4n) is 8.23. The van der Waals surface area contributed by atoms with E-state index in [2.05, 4.69) is 13.8 Å². The maximum absolute atomic E-state index is 13.0. The molecule has 0 amide bonds. The summed E-state index contributed by atoms with van der Waals surface area (Å²) < 4.78 is 34.2. The fourth-order valence-corrected chi connectivity index (χ4v) is 8.23. The lowest BCUT2D eigenvalue weighted by Crippen LogP contribution is -2.61. The SMILES string of the molecule is CCCCCCCCCCCCCCCCCOCC(COC1OC(COC2OC(CO)C(O)C(O)C2O)C(O)C(O)C1O)OC(=O)CCCCCCCCCCCCCCC. The summed E-state index contributed by atoms with van der Waals surface area (Å²) in [4.78, 5) is 13.0. The van der Waals surface area contributed by atoms with E-state index in [1.165, 1.54) is 135 Å². The molecule has 2 aliphatic rings. The van der Waals surface area contributed by atoms with Crippen LogP contribution in [0.4, 0.5) is 0 Å². The van der Waals surface area contributed by atoms with Crippen LogP contribution in [0.2, 0.25) is 0 Å². The second-order valence-corrected chi connectivity index (χ2v) is 18.0. The summed E-state index contributed by atoms with van der Waals surface area (Å²) in [5.41, 5.74) is 0. The van der Waals surface area contributed by atoms with Gasteiger partial charge in [0.2, 0.25) is 0 Å². The minimum Gasteiger partial charge on any atom is -0.457 e. The summed E-state index contributed by atoms with van der Waals surface area (Å²) >= 11 is 0. The number of hydrogen-bond donors (Lipinski definition) is 7. The summed E-state index contributed by atoms with van der Waals surface area (Å²) in [6, 6.07) is 0. The molecule has 0 aliphatic carbocycles. The number of aliphatic hydroxyl groups is 7. The van der Waals surface area contributed by atoms with Crippen molar-refractivity contribution >= 4 is 5.97 Å². The van der Waals surface area contributed by atoms with Crippen molar-refractivity contribution in [2.24, 2.45) is 0 Å². The maximum Gasteiger partial charge on any atom is 0.306 e. The lowest BCUT2D eigenvalue weighted by atomic mass is 9.98. The Balaban J connectivity index is 1.77. The van der Waals surface area contributed by atoms with Gasteiger partial charge >= 0.3 is 5.97 Å². The van der Waals surface area contributed by atoms with Crippen molar-refractivity contribution in [1.29, 1.82) is 0 Å². The van der Waals surface area contributed by atoms with Crippen LogP contribution < -0.4 is 0 Å². The van der Waals surface area contributed by atoms with E-state index in [-0.39, 0.29) is 25.6 Å². The van der Waals surface area contributed by atoms with Gasteiger partial charge in [0.05, 0.1) is 26.4 Å². The standard InChI is InChI=1S/C48H92O14/c1-3-5-7-9-11-13-15-17-18-20-22-24-26-28-30-32-57-34-37(60-40(50)31-29-27-25-23-21-19-16-14-12-10-8-6-4-2)35-58-47-46(56)44(54)42(52)39(62-47)36-59-48-45(55)43(53)41(51)38(33-49)61-48/h37-39,41-49,51-56H,3-36H2,1-2H3. The minimum atomic E-state index is -1.70. The Kier molecular flexibility index (Phi) is 34.2. The van der Waals surface area contributed by atoms with Crippen LogP contribution in [0.1, 0.15) is 200 Å². The zero-order valence-corrected chi connectivity index (χ0v) is 38.9. The van der Waals surface area contributed by atoms with Crippen LogP contribution in [0.15, 0.2) is 0 Å². The molecule has 14 nitrogen and oxygen atoms in total. The van der Waals surface area contributed by atoms with Crippen molar-refractivity contribution in [3.8, 4) is 0 Å². The maximum atomic E-state index is 13.0. The molecule has 0 spiro atoms. The van der Waals surface area contributed by atoms with Crippen molar-refractivity contribution in [2.45, 2.75) is 268 Å². The lowest BCUT2D eigenvalue weighted by molar-refractivity contribution is -0.332. The summed E-state index contributed by atoms with van der Waals surface area (Å²) in [6.45, 7) is 3.72. The molecule has 2 saturated heterocycles. The highest BCUT2D eigenvalue weighted by Gasteiger charge is 2.47. The summed E-state index contributed by atoms with van der Waals surface area (Å²) in [5, 5.41) is 72.0. The first-order valence-electron chi connectivity index (χ1n) is 25.1. The summed E-state index contributed by atoms with van der Waals surface area (Å²) in [7, 11) is 0. The molecule has 11 atom stereocenters. The van der Waals surface area contributed by atoms with Crippen molar-refractivity contribution in [1.82, 2.24) is 0 Å². The van der Waals surface area contributed by atoms with Crippen LogP contribution >= 0.6 is 0 Å². The lowest BCUT2D eigenvalue weighted by Gasteiger charge is -2.42. The molecule has 11 unspecified atom stereocenters. The molecule has 0 radical (unpaired) electrons. The van der Waals surface area contributed by atoms with Crippen LogP contribution in [-0.4, -0.2) is 142 Å². The molecule has 0 aromatic heterocycles. The predicted molar refractivity (Wildman–Crippen MR) is 238 cm³/mol. The number of unbranched alkanes of at least 4 members (excludes halogenated alkanes) is 26. The highest BCUT2D eigenvalue weighted by Crippen LogP contribution is 2.26.